The van der Waals surface area contributed by atoms with Gasteiger partial charge in [-0.15, -0.1) is 0 Å². The largest absolute Gasteiger partial charge is 0.493 e. The molecule has 2 N–H and O–H groups in total. The van der Waals surface area contributed by atoms with Crippen LogP contribution in [0.3, 0.4) is 0 Å². The molecule has 0 unspecified atom stereocenters. The molecule has 0 aliphatic rings. The van der Waals surface area contributed by atoms with E-state index >= 15 is 0 Å². The van der Waals surface area contributed by atoms with Gasteiger partial charge in [0.25, 0.3) is 20.0 Å². The number of sulfonamides is 2. The van der Waals surface area contributed by atoms with E-state index in [4.69, 9.17) is 9.47 Å². The van der Waals surface area contributed by atoms with Gasteiger partial charge in [-0.05, 0) is 92.6 Å². The topological polar surface area (TPSA) is 131 Å². The number of hydrogen-bond acceptors (Lipinski definition) is 7. The molecule has 0 aromatic heterocycles. The predicted octanol–water partition coefficient (Wildman–Crippen LogP) is 5.26. The Bertz CT molecular complexity index is 1840. The fourth-order valence-corrected chi connectivity index (χ4v) is 6.66. The van der Waals surface area contributed by atoms with E-state index in [1.165, 1.54) is 62.8 Å². The van der Waals surface area contributed by atoms with Gasteiger partial charge < -0.3 is 14.8 Å². The third-order valence-corrected chi connectivity index (χ3v) is 9.94. The molecule has 0 saturated carbocycles. The van der Waals surface area contributed by atoms with E-state index < -0.39 is 32.5 Å². The number of rotatable bonds is 11. The molecule has 0 spiro atoms. The SMILES string of the molecule is COc1ccc(N(CC(=O)Nc2ccc(S(=O)(=O)Nc3ccc(C)c(C)c3)cc2)S(=O)(=O)c2ccc(C)cc2)cc1OC. The second-order valence-corrected chi connectivity index (χ2v) is 13.4. The fourth-order valence-electron chi connectivity index (χ4n) is 4.20. The van der Waals surface area contributed by atoms with Gasteiger partial charge >= 0.3 is 0 Å². The van der Waals surface area contributed by atoms with Gasteiger partial charge in [0.2, 0.25) is 5.91 Å². The van der Waals surface area contributed by atoms with Crippen molar-refractivity contribution in [3.63, 3.8) is 0 Å². The number of aryl methyl sites for hydroxylation is 3. The maximum atomic E-state index is 13.7. The van der Waals surface area contributed by atoms with Gasteiger partial charge in [-0.1, -0.05) is 23.8 Å². The summed E-state index contributed by atoms with van der Waals surface area (Å²) < 4.78 is 67.4. The molecule has 0 aliphatic carbocycles. The molecular weight excluding hydrogens is 590 g/mol. The summed E-state index contributed by atoms with van der Waals surface area (Å²) in [5.41, 5.74) is 3.78. The van der Waals surface area contributed by atoms with Crippen molar-refractivity contribution in [3.05, 3.63) is 102 Å². The van der Waals surface area contributed by atoms with Crippen LogP contribution in [0.15, 0.2) is 94.7 Å². The fraction of sp³-hybridized carbons (Fsp3) is 0.194. The molecule has 0 heterocycles. The Morgan fingerprint density at radius 2 is 1.30 bits per heavy atom. The zero-order valence-electron chi connectivity index (χ0n) is 24.4. The quantitative estimate of drug-likeness (QED) is 0.233. The minimum absolute atomic E-state index is 0.00219. The second-order valence-electron chi connectivity index (χ2n) is 9.84. The highest BCUT2D eigenvalue weighted by Gasteiger charge is 2.28. The lowest BCUT2D eigenvalue weighted by Crippen LogP contribution is -2.38. The van der Waals surface area contributed by atoms with Crippen molar-refractivity contribution in [3.8, 4) is 11.5 Å². The summed E-state index contributed by atoms with van der Waals surface area (Å²) >= 11 is 0. The second kappa shape index (κ2) is 12.8. The Kier molecular flexibility index (Phi) is 9.31. The number of amides is 1. The number of anilines is 3. The molecule has 226 valence electrons. The van der Waals surface area contributed by atoms with Crippen molar-refractivity contribution in [2.24, 2.45) is 0 Å². The maximum absolute atomic E-state index is 13.7. The predicted molar refractivity (Wildman–Crippen MR) is 167 cm³/mol. The van der Waals surface area contributed by atoms with Gasteiger partial charge in [0.1, 0.15) is 6.54 Å². The third-order valence-electron chi connectivity index (χ3n) is 6.76. The first kappa shape index (κ1) is 31.4. The molecule has 12 heteroatoms. The highest BCUT2D eigenvalue weighted by molar-refractivity contribution is 7.93. The van der Waals surface area contributed by atoms with Gasteiger partial charge in [0, 0.05) is 17.4 Å². The highest BCUT2D eigenvalue weighted by Crippen LogP contribution is 2.34. The van der Waals surface area contributed by atoms with E-state index in [2.05, 4.69) is 10.0 Å². The van der Waals surface area contributed by atoms with Crippen LogP contribution in [0.4, 0.5) is 17.1 Å². The number of ether oxygens (including phenoxy) is 2. The van der Waals surface area contributed by atoms with Crippen LogP contribution >= 0.6 is 0 Å². The van der Waals surface area contributed by atoms with Crippen LogP contribution in [-0.2, 0) is 24.8 Å². The van der Waals surface area contributed by atoms with Crippen molar-refractivity contribution in [1.82, 2.24) is 0 Å². The Labute approximate surface area is 252 Å². The van der Waals surface area contributed by atoms with Crippen LogP contribution in [0.5, 0.6) is 11.5 Å². The van der Waals surface area contributed by atoms with Crippen molar-refractivity contribution in [2.45, 2.75) is 30.6 Å². The molecule has 0 radical (unpaired) electrons. The zero-order valence-corrected chi connectivity index (χ0v) is 26.0. The van der Waals surface area contributed by atoms with Crippen LogP contribution in [0.25, 0.3) is 0 Å². The average molecular weight is 624 g/mol. The molecule has 0 fully saturated rings. The summed E-state index contributed by atoms with van der Waals surface area (Å²) in [4.78, 5) is 13.2. The van der Waals surface area contributed by atoms with Crippen LogP contribution in [0.2, 0.25) is 0 Å². The summed E-state index contributed by atoms with van der Waals surface area (Å²) in [6.07, 6.45) is 0. The van der Waals surface area contributed by atoms with E-state index in [9.17, 15) is 21.6 Å². The van der Waals surface area contributed by atoms with Crippen LogP contribution < -0.4 is 23.8 Å². The zero-order chi connectivity index (χ0) is 31.4. The van der Waals surface area contributed by atoms with Gasteiger partial charge in [0.15, 0.2) is 11.5 Å². The smallest absolute Gasteiger partial charge is 0.264 e. The standard InChI is InChI=1S/C31H33N3O7S2/c1-21-6-13-28(14-7-21)43(38,39)34(26-12-17-29(40-4)30(19-26)41-5)20-31(35)32-24-10-15-27(16-11-24)42(36,37)33-25-9-8-22(2)23(3)18-25/h6-19,33H,20H2,1-5H3,(H,32,35). The van der Waals surface area contributed by atoms with Crippen LogP contribution in [0.1, 0.15) is 16.7 Å². The lowest BCUT2D eigenvalue weighted by atomic mass is 10.1. The molecule has 43 heavy (non-hydrogen) atoms. The molecule has 0 aliphatic heterocycles. The van der Waals surface area contributed by atoms with Crippen molar-refractivity contribution >= 4 is 43.0 Å². The lowest BCUT2D eigenvalue weighted by Gasteiger charge is -2.25. The van der Waals surface area contributed by atoms with E-state index in [1.807, 2.05) is 26.8 Å². The summed E-state index contributed by atoms with van der Waals surface area (Å²) in [7, 11) is -5.17. The van der Waals surface area contributed by atoms with Crippen molar-refractivity contribution in [2.75, 3.05) is 35.1 Å². The first-order chi connectivity index (χ1) is 20.3. The molecule has 4 rings (SSSR count). The molecule has 4 aromatic carbocycles. The van der Waals surface area contributed by atoms with E-state index in [-0.39, 0.29) is 26.9 Å². The minimum atomic E-state index is -4.18. The number of carbonyl (C=O) groups excluding carboxylic acids is 1. The number of methoxy groups -OCH3 is 2. The average Bonchev–Trinajstić information content (AvgIpc) is 2.97. The minimum Gasteiger partial charge on any atom is -0.493 e. The van der Waals surface area contributed by atoms with E-state index in [1.54, 1.807) is 30.3 Å². The normalized spacial score (nSPS) is 11.5. The van der Waals surface area contributed by atoms with Gasteiger partial charge in [-0.3, -0.25) is 13.8 Å². The Morgan fingerprint density at radius 3 is 1.91 bits per heavy atom. The number of nitrogens with one attached hydrogen (secondary N) is 2. The number of hydrogen-bond donors (Lipinski definition) is 2. The summed E-state index contributed by atoms with van der Waals surface area (Å²) in [5.74, 6) is 0.0375. The molecule has 4 aromatic rings. The summed E-state index contributed by atoms with van der Waals surface area (Å²) in [6.45, 7) is 5.10. The molecular formula is C31H33N3O7S2. The number of nitrogens with zero attached hydrogens (tertiary/aromatic N) is 1. The third kappa shape index (κ3) is 7.27. The molecule has 0 saturated heterocycles. The Hall–Kier alpha value is -4.55. The van der Waals surface area contributed by atoms with Crippen LogP contribution in [0, 0.1) is 20.8 Å². The molecule has 1 amide bonds. The molecule has 0 bridgehead atoms. The van der Waals surface area contributed by atoms with Crippen molar-refractivity contribution in [1.29, 1.82) is 0 Å². The van der Waals surface area contributed by atoms with E-state index in [0.717, 1.165) is 21.0 Å². The number of benzene rings is 4. The number of carbonyl (C=O) groups is 1. The maximum Gasteiger partial charge on any atom is 0.264 e. The van der Waals surface area contributed by atoms with Gasteiger partial charge in [-0.2, -0.15) is 0 Å². The summed E-state index contributed by atoms with van der Waals surface area (Å²) in [5, 5.41) is 2.65. The monoisotopic (exact) mass is 623 g/mol. The molecule has 10 nitrogen and oxygen atoms in total. The van der Waals surface area contributed by atoms with Gasteiger partial charge in [-0.25, -0.2) is 16.8 Å². The van der Waals surface area contributed by atoms with Crippen LogP contribution in [-0.4, -0.2) is 43.5 Å². The first-order valence-corrected chi connectivity index (χ1v) is 16.1. The van der Waals surface area contributed by atoms with Crippen molar-refractivity contribution < 1.29 is 31.1 Å². The van der Waals surface area contributed by atoms with E-state index in [0.29, 0.717) is 11.4 Å². The molecule has 0 atom stereocenters. The van der Waals surface area contributed by atoms with Gasteiger partial charge in [0.05, 0.1) is 29.7 Å². The summed E-state index contributed by atoms with van der Waals surface area (Å²) in [6, 6.07) is 21.7. The highest BCUT2D eigenvalue weighted by atomic mass is 32.2. The lowest BCUT2D eigenvalue weighted by molar-refractivity contribution is -0.114. The Morgan fingerprint density at radius 1 is 0.698 bits per heavy atom. The Balaban J connectivity index is 1.57. The first-order valence-electron chi connectivity index (χ1n) is 13.2.